The SMILES string of the molecule is Cc1nc(C(=O)NC(C)c2cn[nH]c2)cs1. The van der Waals surface area contributed by atoms with Crippen LogP contribution in [0.1, 0.15) is 34.0 Å². The number of thiazole rings is 1. The van der Waals surface area contributed by atoms with Crippen LogP contribution in [0, 0.1) is 6.92 Å². The summed E-state index contributed by atoms with van der Waals surface area (Å²) in [5.74, 6) is -0.155. The Labute approximate surface area is 96.9 Å². The summed E-state index contributed by atoms with van der Waals surface area (Å²) in [6.07, 6.45) is 3.45. The topological polar surface area (TPSA) is 70.7 Å². The van der Waals surface area contributed by atoms with Gasteiger partial charge in [-0.3, -0.25) is 9.89 Å². The minimum atomic E-state index is -0.155. The molecule has 2 aromatic heterocycles. The van der Waals surface area contributed by atoms with Crippen molar-refractivity contribution in [3.8, 4) is 0 Å². The van der Waals surface area contributed by atoms with Crippen LogP contribution in [0.4, 0.5) is 0 Å². The fraction of sp³-hybridized carbons (Fsp3) is 0.300. The molecule has 5 nitrogen and oxygen atoms in total. The number of aromatic nitrogens is 3. The lowest BCUT2D eigenvalue weighted by molar-refractivity contribution is 0.0935. The number of carbonyl (C=O) groups is 1. The van der Waals surface area contributed by atoms with Gasteiger partial charge >= 0.3 is 0 Å². The van der Waals surface area contributed by atoms with Crippen molar-refractivity contribution in [3.63, 3.8) is 0 Å². The predicted octanol–water partition coefficient (Wildman–Crippen LogP) is 1.67. The molecule has 6 heteroatoms. The van der Waals surface area contributed by atoms with Crippen LogP contribution in [0.2, 0.25) is 0 Å². The van der Waals surface area contributed by atoms with E-state index in [2.05, 4.69) is 20.5 Å². The van der Waals surface area contributed by atoms with Gasteiger partial charge in [-0.05, 0) is 13.8 Å². The number of aromatic amines is 1. The minimum Gasteiger partial charge on any atom is -0.344 e. The van der Waals surface area contributed by atoms with Gasteiger partial charge in [0.05, 0.1) is 17.2 Å². The number of H-pyrrole nitrogens is 1. The third-order valence-corrected chi connectivity index (χ3v) is 2.99. The second-order valence-electron chi connectivity index (χ2n) is 3.48. The second-order valence-corrected chi connectivity index (χ2v) is 4.54. The molecule has 1 atom stereocenters. The fourth-order valence-corrected chi connectivity index (χ4v) is 1.91. The summed E-state index contributed by atoms with van der Waals surface area (Å²) in [5.41, 5.74) is 1.41. The van der Waals surface area contributed by atoms with Gasteiger partial charge in [-0.2, -0.15) is 5.10 Å². The van der Waals surface area contributed by atoms with Crippen LogP contribution in [0.25, 0.3) is 0 Å². The van der Waals surface area contributed by atoms with Crippen molar-refractivity contribution >= 4 is 17.2 Å². The molecule has 0 aliphatic carbocycles. The number of hydrogen-bond donors (Lipinski definition) is 2. The molecule has 16 heavy (non-hydrogen) atoms. The molecule has 2 heterocycles. The predicted molar refractivity (Wildman–Crippen MR) is 61.3 cm³/mol. The Balaban J connectivity index is 2.03. The van der Waals surface area contributed by atoms with E-state index in [1.807, 2.05) is 13.8 Å². The smallest absolute Gasteiger partial charge is 0.271 e. The number of nitrogens with one attached hydrogen (secondary N) is 2. The highest BCUT2D eigenvalue weighted by atomic mass is 32.1. The van der Waals surface area contributed by atoms with Crippen LogP contribution in [0.3, 0.4) is 0 Å². The maximum Gasteiger partial charge on any atom is 0.271 e. The monoisotopic (exact) mass is 236 g/mol. The third-order valence-electron chi connectivity index (χ3n) is 2.22. The molecule has 0 radical (unpaired) electrons. The van der Waals surface area contributed by atoms with Crippen molar-refractivity contribution in [2.75, 3.05) is 0 Å². The van der Waals surface area contributed by atoms with E-state index in [4.69, 9.17) is 0 Å². The summed E-state index contributed by atoms with van der Waals surface area (Å²) in [6.45, 7) is 3.78. The maximum absolute atomic E-state index is 11.8. The summed E-state index contributed by atoms with van der Waals surface area (Å²) in [6, 6.07) is -0.0757. The first-order chi connectivity index (χ1) is 7.66. The van der Waals surface area contributed by atoms with Crippen molar-refractivity contribution in [1.29, 1.82) is 0 Å². The van der Waals surface area contributed by atoms with Gasteiger partial charge in [-0.1, -0.05) is 0 Å². The van der Waals surface area contributed by atoms with Gasteiger partial charge < -0.3 is 5.32 Å². The summed E-state index contributed by atoms with van der Waals surface area (Å²) >= 11 is 1.47. The van der Waals surface area contributed by atoms with Crippen molar-refractivity contribution in [1.82, 2.24) is 20.5 Å². The summed E-state index contributed by atoms with van der Waals surface area (Å²) < 4.78 is 0. The maximum atomic E-state index is 11.8. The first-order valence-corrected chi connectivity index (χ1v) is 5.76. The van der Waals surface area contributed by atoms with Gasteiger partial charge in [0.1, 0.15) is 5.69 Å². The van der Waals surface area contributed by atoms with Gasteiger partial charge in [0.2, 0.25) is 0 Å². The number of nitrogens with zero attached hydrogens (tertiary/aromatic N) is 2. The van der Waals surface area contributed by atoms with E-state index in [-0.39, 0.29) is 11.9 Å². The molecule has 0 spiro atoms. The third kappa shape index (κ3) is 2.27. The lowest BCUT2D eigenvalue weighted by atomic mass is 10.2. The zero-order chi connectivity index (χ0) is 11.5. The van der Waals surface area contributed by atoms with Crippen molar-refractivity contribution in [3.05, 3.63) is 34.0 Å². The first-order valence-electron chi connectivity index (χ1n) is 4.88. The van der Waals surface area contributed by atoms with E-state index >= 15 is 0 Å². The standard InChI is InChI=1S/C10H12N4OS/c1-6(8-3-11-12-4-8)13-10(15)9-5-16-7(2)14-9/h3-6H,1-2H3,(H,11,12)(H,13,15). The summed E-state index contributed by atoms with van der Waals surface area (Å²) in [4.78, 5) is 15.9. The van der Waals surface area contributed by atoms with Crippen molar-refractivity contribution in [2.24, 2.45) is 0 Å². The van der Waals surface area contributed by atoms with Gasteiger partial charge in [0, 0.05) is 17.1 Å². The Hall–Kier alpha value is -1.69. The highest BCUT2D eigenvalue weighted by Crippen LogP contribution is 2.12. The molecule has 1 amide bonds. The lowest BCUT2D eigenvalue weighted by Gasteiger charge is -2.10. The van der Waals surface area contributed by atoms with Crippen molar-refractivity contribution in [2.45, 2.75) is 19.9 Å². The Morgan fingerprint density at radius 3 is 3.00 bits per heavy atom. The highest BCUT2D eigenvalue weighted by Gasteiger charge is 2.13. The Kier molecular flexibility index (Phi) is 3.00. The van der Waals surface area contributed by atoms with Gasteiger partial charge in [0.15, 0.2) is 0 Å². The van der Waals surface area contributed by atoms with Crippen LogP contribution in [-0.2, 0) is 0 Å². The second kappa shape index (κ2) is 4.44. The van der Waals surface area contributed by atoms with E-state index < -0.39 is 0 Å². The zero-order valence-electron chi connectivity index (χ0n) is 9.02. The number of amides is 1. The van der Waals surface area contributed by atoms with E-state index in [0.29, 0.717) is 5.69 Å². The number of aryl methyl sites for hydroxylation is 1. The molecule has 2 N–H and O–H groups in total. The molecule has 0 aromatic carbocycles. The molecule has 0 saturated carbocycles. The van der Waals surface area contributed by atoms with Crippen LogP contribution in [0.15, 0.2) is 17.8 Å². The molecule has 2 rings (SSSR count). The largest absolute Gasteiger partial charge is 0.344 e. The fourth-order valence-electron chi connectivity index (χ4n) is 1.32. The lowest BCUT2D eigenvalue weighted by Crippen LogP contribution is -2.26. The first kappa shape index (κ1) is 10.8. The Morgan fingerprint density at radius 2 is 2.44 bits per heavy atom. The normalized spacial score (nSPS) is 12.4. The summed E-state index contributed by atoms with van der Waals surface area (Å²) in [5, 5.41) is 12.1. The number of hydrogen-bond acceptors (Lipinski definition) is 4. The Morgan fingerprint density at radius 1 is 1.62 bits per heavy atom. The number of rotatable bonds is 3. The molecule has 1 unspecified atom stereocenters. The van der Waals surface area contributed by atoms with E-state index in [1.54, 1.807) is 17.8 Å². The number of carbonyl (C=O) groups excluding carboxylic acids is 1. The molecule has 2 aromatic rings. The van der Waals surface area contributed by atoms with Crippen LogP contribution < -0.4 is 5.32 Å². The molecule has 0 bridgehead atoms. The van der Waals surface area contributed by atoms with Crippen LogP contribution >= 0.6 is 11.3 Å². The van der Waals surface area contributed by atoms with Gasteiger partial charge in [-0.15, -0.1) is 11.3 Å². The zero-order valence-corrected chi connectivity index (χ0v) is 9.84. The highest BCUT2D eigenvalue weighted by molar-refractivity contribution is 7.09. The molecule has 84 valence electrons. The van der Waals surface area contributed by atoms with Crippen LogP contribution in [-0.4, -0.2) is 21.1 Å². The molecule has 0 aliphatic heterocycles. The molecular formula is C10H12N4OS. The Bertz CT molecular complexity index is 477. The minimum absolute atomic E-state index is 0.0757. The van der Waals surface area contributed by atoms with Gasteiger partial charge in [0.25, 0.3) is 5.91 Å². The molecule has 0 saturated heterocycles. The average Bonchev–Trinajstić information content (AvgIpc) is 2.87. The van der Waals surface area contributed by atoms with E-state index in [1.165, 1.54) is 11.3 Å². The van der Waals surface area contributed by atoms with E-state index in [0.717, 1.165) is 10.6 Å². The van der Waals surface area contributed by atoms with Crippen molar-refractivity contribution < 1.29 is 4.79 Å². The van der Waals surface area contributed by atoms with Gasteiger partial charge in [-0.25, -0.2) is 4.98 Å². The molecular weight excluding hydrogens is 224 g/mol. The van der Waals surface area contributed by atoms with E-state index in [9.17, 15) is 4.79 Å². The van der Waals surface area contributed by atoms with Crippen LogP contribution in [0.5, 0.6) is 0 Å². The molecule has 0 aliphatic rings. The molecule has 0 fully saturated rings. The summed E-state index contributed by atoms with van der Waals surface area (Å²) in [7, 11) is 0. The quantitative estimate of drug-likeness (QED) is 0.851. The average molecular weight is 236 g/mol.